The number of nitrogens with zero attached hydrogens (tertiary/aromatic N) is 2. The maximum absolute atomic E-state index is 12.6. The van der Waals surface area contributed by atoms with Gasteiger partial charge in [-0.3, -0.25) is 14.5 Å². The highest BCUT2D eigenvalue weighted by molar-refractivity contribution is 5.95. The van der Waals surface area contributed by atoms with Crippen molar-refractivity contribution in [2.24, 2.45) is 0 Å². The van der Waals surface area contributed by atoms with Gasteiger partial charge in [0.1, 0.15) is 0 Å². The fraction of sp³-hybridized carbons (Fsp3) is 0.500. The van der Waals surface area contributed by atoms with Crippen LogP contribution in [0.5, 0.6) is 0 Å². The lowest BCUT2D eigenvalue weighted by atomic mass is 10.0. The summed E-state index contributed by atoms with van der Waals surface area (Å²) in [5, 5.41) is 8.70. The lowest BCUT2D eigenvalue weighted by Gasteiger charge is -2.34. The van der Waals surface area contributed by atoms with Crippen molar-refractivity contribution in [3.63, 3.8) is 0 Å². The summed E-state index contributed by atoms with van der Waals surface area (Å²) in [4.78, 5) is 27.1. The first kappa shape index (κ1) is 15.5. The van der Waals surface area contributed by atoms with Crippen LogP contribution >= 0.6 is 0 Å². The summed E-state index contributed by atoms with van der Waals surface area (Å²) in [5.74, 6) is -0.696. The Bertz CT molecular complexity index is 534. The number of hydrogen-bond donors (Lipinski definition) is 1. The second kappa shape index (κ2) is 6.72. The number of piperazine rings is 1. The number of amides is 1. The van der Waals surface area contributed by atoms with Gasteiger partial charge in [0.15, 0.2) is 0 Å². The molecule has 114 valence electrons. The molecule has 1 aromatic carbocycles. The Morgan fingerprint density at radius 3 is 2.43 bits per heavy atom. The fourth-order valence-corrected chi connectivity index (χ4v) is 2.56. The molecule has 5 nitrogen and oxygen atoms in total. The molecule has 1 aliphatic heterocycles. The molecule has 0 bridgehead atoms. The molecular formula is C16H22N2O3. The predicted octanol–water partition coefficient (Wildman–Crippen LogP) is 1.54. The summed E-state index contributed by atoms with van der Waals surface area (Å²) < 4.78 is 0. The molecule has 1 N–H and O–H groups in total. The van der Waals surface area contributed by atoms with E-state index in [1.807, 2.05) is 36.9 Å². The van der Waals surface area contributed by atoms with Crippen LogP contribution in [0.3, 0.4) is 0 Å². The summed E-state index contributed by atoms with van der Waals surface area (Å²) in [5.41, 5.74) is 2.86. The summed E-state index contributed by atoms with van der Waals surface area (Å²) in [6.07, 6.45) is 0.158. The Morgan fingerprint density at radius 1 is 1.14 bits per heavy atom. The minimum absolute atomic E-state index is 0.0779. The Labute approximate surface area is 125 Å². The van der Waals surface area contributed by atoms with E-state index in [4.69, 9.17) is 5.11 Å². The number of carbonyl (C=O) groups is 2. The van der Waals surface area contributed by atoms with Crippen molar-refractivity contribution >= 4 is 11.9 Å². The monoisotopic (exact) mass is 290 g/mol. The Kier molecular flexibility index (Phi) is 4.96. The average Bonchev–Trinajstić information content (AvgIpc) is 2.47. The number of aliphatic carboxylic acids is 1. The molecule has 21 heavy (non-hydrogen) atoms. The summed E-state index contributed by atoms with van der Waals surface area (Å²) in [6, 6.07) is 5.93. The van der Waals surface area contributed by atoms with Crippen molar-refractivity contribution < 1.29 is 14.7 Å². The van der Waals surface area contributed by atoms with Crippen molar-refractivity contribution in [3.8, 4) is 0 Å². The van der Waals surface area contributed by atoms with Gasteiger partial charge < -0.3 is 10.0 Å². The van der Waals surface area contributed by atoms with Crippen LogP contribution in [0.25, 0.3) is 0 Å². The van der Waals surface area contributed by atoms with Gasteiger partial charge in [-0.15, -0.1) is 0 Å². The van der Waals surface area contributed by atoms with Gasteiger partial charge in [-0.25, -0.2) is 0 Å². The second-order valence-corrected chi connectivity index (χ2v) is 5.60. The van der Waals surface area contributed by atoms with Gasteiger partial charge in [0.2, 0.25) is 0 Å². The molecule has 2 rings (SSSR count). The highest BCUT2D eigenvalue weighted by atomic mass is 16.4. The molecule has 5 heteroatoms. The molecule has 0 unspecified atom stereocenters. The Hall–Kier alpha value is -1.88. The van der Waals surface area contributed by atoms with Crippen molar-refractivity contribution in [2.75, 3.05) is 32.7 Å². The number of hydrogen-bond acceptors (Lipinski definition) is 3. The molecule has 0 radical (unpaired) electrons. The minimum Gasteiger partial charge on any atom is -0.481 e. The molecular weight excluding hydrogens is 268 g/mol. The zero-order chi connectivity index (χ0) is 15.4. The number of rotatable bonds is 4. The van der Waals surface area contributed by atoms with Gasteiger partial charge in [-0.2, -0.15) is 0 Å². The minimum atomic E-state index is -0.774. The second-order valence-electron chi connectivity index (χ2n) is 5.60. The van der Waals surface area contributed by atoms with Crippen LogP contribution in [0.4, 0.5) is 0 Å². The standard InChI is InChI=1S/C16H22N2O3/c1-12-3-4-13(2)14(11-12)16(21)18-9-7-17(8-10-18)6-5-15(19)20/h3-4,11H,5-10H2,1-2H3,(H,19,20). The largest absolute Gasteiger partial charge is 0.481 e. The van der Waals surface area contributed by atoms with Gasteiger partial charge in [-0.05, 0) is 25.5 Å². The van der Waals surface area contributed by atoms with Crippen molar-refractivity contribution in [2.45, 2.75) is 20.3 Å². The van der Waals surface area contributed by atoms with Gasteiger partial charge in [0.25, 0.3) is 5.91 Å². The van der Waals surface area contributed by atoms with Crippen molar-refractivity contribution in [1.29, 1.82) is 0 Å². The number of benzene rings is 1. The molecule has 1 fully saturated rings. The maximum atomic E-state index is 12.6. The van der Waals surface area contributed by atoms with Crippen LogP contribution < -0.4 is 0 Å². The van der Waals surface area contributed by atoms with E-state index in [2.05, 4.69) is 4.90 Å². The lowest BCUT2D eigenvalue weighted by molar-refractivity contribution is -0.137. The van der Waals surface area contributed by atoms with E-state index in [-0.39, 0.29) is 12.3 Å². The van der Waals surface area contributed by atoms with E-state index in [1.165, 1.54) is 0 Å². The SMILES string of the molecule is Cc1ccc(C)c(C(=O)N2CCN(CCC(=O)O)CC2)c1. The molecule has 1 heterocycles. The van der Waals surface area contributed by atoms with Crippen LogP contribution in [-0.2, 0) is 4.79 Å². The average molecular weight is 290 g/mol. The molecule has 1 aromatic rings. The Balaban J connectivity index is 1.94. The maximum Gasteiger partial charge on any atom is 0.304 e. The molecule has 1 saturated heterocycles. The summed E-state index contributed by atoms with van der Waals surface area (Å²) >= 11 is 0. The van der Waals surface area contributed by atoms with Gasteiger partial charge >= 0.3 is 5.97 Å². The molecule has 1 aliphatic rings. The van der Waals surface area contributed by atoms with Gasteiger partial charge in [0, 0.05) is 38.3 Å². The van der Waals surface area contributed by atoms with Crippen molar-refractivity contribution in [1.82, 2.24) is 9.80 Å². The van der Waals surface area contributed by atoms with E-state index in [1.54, 1.807) is 0 Å². The molecule has 0 spiro atoms. The van der Waals surface area contributed by atoms with Gasteiger partial charge in [0.05, 0.1) is 6.42 Å². The summed E-state index contributed by atoms with van der Waals surface area (Å²) in [6.45, 7) is 7.29. The number of carboxylic acid groups (broad SMARTS) is 1. The van der Waals surface area contributed by atoms with Crippen LogP contribution in [0, 0.1) is 13.8 Å². The first-order valence-corrected chi connectivity index (χ1v) is 7.28. The van der Waals surface area contributed by atoms with E-state index in [9.17, 15) is 9.59 Å². The van der Waals surface area contributed by atoms with Crippen LogP contribution in [0.15, 0.2) is 18.2 Å². The van der Waals surface area contributed by atoms with E-state index >= 15 is 0 Å². The third-order valence-electron chi connectivity index (χ3n) is 3.92. The predicted molar refractivity (Wildman–Crippen MR) is 80.5 cm³/mol. The van der Waals surface area contributed by atoms with E-state index in [0.29, 0.717) is 19.6 Å². The van der Waals surface area contributed by atoms with Crippen LogP contribution in [-0.4, -0.2) is 59.5 Å². The zero-order valence-electron chi connectivity index (χ0n) is 12.6. The Morgan fingerprint density at radius 2 is 1.81 bits per heavy atom. The first-order chi connectivity index (χ1) is 9.97. The first-order valence-electron chi connectivity index (χ1n) is 7.28. The normalized spacial score (nSPS) is 16.0. The van der Waals surface area contributed by atoms with Gasteiger partial charge in [-0.1, -0.05) is 17.7 Å². The lowest BCUT2D eigenvalue weighted by Crippen LogP contribution is -2.49. The smallest absolute Gasteiger partial charge is 0.304 e. The molecule has 1 amide bonds. The topological polar surface area (TPSA) is 60.9 Å². The molecule has 0 aromatic heterocycles. The van der Waals surface area contributed by atoms with E-state index in [0.717, 1.165) is 29.8 Å². The highest BCUT2D eigenvalue weighted by Gasteiger charge is 2.23. The quantitative estimate of drug-likeness (QED) is 0.913. The van der Waals surface area contributed by atoms with Crippen LogP contribution in [0.2, 0.25) is 0 Å². The number of carbonyl (C=O) groups excluding carboxylic acids is 1. The third-order valence-corrected chi connectivity index (χ3v) is 3.92. The molecule has 0 atom stereocenters. The number of carboxylic acids is 1. The van der Waals surface area contributed by atoms with Crippen LogP contribution in [0.1, 0.15) is 27.9 Å². The highest BCUT2D eigenvalue weighted by Crippen LogP contribution is 2.15. The van der Waals surface area contributed by atoms with Crippen molar-refractivity contribution in [3.05, 3.63) is 34.9 Å². The molecule has 0 saturated carbocycles. The number of aryl methyl sites for hydroxylation is 2. The summed E-state index contributed by atoms with van der Waals surface area (Å²) in [7, 11) is 0. The van der Waals surface area contributed by atoms with E-state index < -0.39 is 5.97 Å². The third kappa shape index (κ3) is 4.04. The fourth-order valence-electron chi connectivity index (χ4n) is 2.56. The zero-order valence-corrected chi connectivity index (χ0v) is 12.6. The molecule has 0 aliphatic carbocycles.